The smallest absolute Gasteiger partial charge is 0.243 e. The average molecular weight is 188 g/mol. The van der Waals surface area contributed by atoms with Crippen molar-refractivity contribution in [1.82, 2.24) is 0 Å². The van der Waals surface area contributed by atoms with Gasteiger partial charge in [0.15, 0.2) is 0 Å². The molecule has 1 nitrogen and oxygen atoms in total. The van der Waals surface area contributed by atoms with Gasteiger partial charge < -0.3 is 0 Å². The summed E-state index contributed by atoms with van der Waals surface area (Å²) in [7, 11) is 0. The first-order valence-electron chi connectivity index (χ1n) is 1.96. The highest BCUT2D eigenvalue weighted by molar-refractivity contribution is 9.14. The van der Waals surface area contributed by atoms with Gasteiger partial charge in [0.2, 0.25) is 4.75 Å². The molecule has 0 aliphatic rings. The van der Waals surface area contributed by atoms with Gasteiger partial charge in [-0.15, -0.1) is 0 Å². The summed E-state index contributed by atoms with van der Waals surface area (Å²) in [5.41, 5.74) is 0. The number of hydrogen-bond donors (Lipinski definition) is 0. The topological polar surface area (TPSA) is 17.1 Å². The molecule has 5 heteroatoms. The van der Waals surface area contributed by atoms with Gasteiger partial charge in [-0.05, 0) is 18.8 Å². The Morgan fingerprint density at radius 2 is 1.25 bits per heavy atom. The molecule has 0 radical (unpaired) electrons. The van der Waals surface area contributed by atoms with E-state index in [0.29, 0.717) is 0 Å². The quantitative estimate of drug-likeness (QED) is 0.632. The Bertz CT molecular complexity index is 85.7. The van der Waals surface area contributed by atoms with Crippen molar-refractivity contribution >= 4 is 38.9 Å². The van der Waals surface area contributed by atoms with E-state index in [9.17, 15) is 4.57 Å². The van der Waals surface area contributed by atoms with E-state index >= 15 is 0 Å². The summed E-state index contributed by atoms with van der Waals surface area (Å²) in [5, 5.41) is 0. The van der Waals surface area contributed by atoms with Crippen molar-refractivity contribution in [2.45, 2.75) is 0 Å². The van der Waals surface area contributed by atoms with Crippen molar-refractivity contribution in [2.24, 2.45) is 0 Å². The van der Waals surface area contributed by atoms with Crippen LogP contribution < -0.4 is 0 Å². The highest BCUT2D eigenvalue weighted by Crippen LogP contribution is 2.75. The molecule has 0 atom stereocenters. The van der Waals surface area contributed by atoms with Crippen molar-refractivity contribution in [3.8, 4) is 0 Å². The second kappa shape index (κ2) is 4.15. The van der Waals surface area contributed by atoms with Crippen LogP contribution in [-0.2, 0) is 4.57 Å². The molecule has 0 rings (SSSR count). The predicted molar refractivity (Wildman–Crippen MR) is 48.2 cm³/mol. The lowest BCUT2D eigenvalue weighted by atomic mass is 12.0. The van der Waals surface area contributed by atoms with E-state index in [0.717, 1.165) is 0 Å². The minimum absolute atomic E-state index is 1.45. The minimum Gasteiger partial charge on any atom is -0.289 e. The first-order chi connectivity index (χ1) is 3.68. The fourth-order valence-corrected chi connectivity index (χ4v) is 6.04. The Balaban J connectivity index is 3.79. The summed E-state index contributed by atoms with van der Waals surface area (Å²) in [6, 6.07) is 0. The van der Waals surface area contributed by atoms with Gasteiger partial charge in [-0.25, -0.2) is 0 Å². The Kier molecular flexibility index (Phi) is 4.82. The van der Waals surface area contributed by atoms with Crippen LogP contribution in [0.15, 0.2) is 0 Å². The minimum atomic E-state index is -1.91. The highest BCUT2D eigenvalue weighted by atomic mass is 33.4. The van der Waals surface area contributed by atoms with E-state index in [2.05, 4.69) is 0 Å². The third kappa shape index (κ3) is 2.72. The fourth-order valence-electron chi connectivity index (χ4n) is 0.224. The number of rotatable bonds is 3. The lowest BCUT2D eigenvalue weighted by molar-refractivity contribution is 0.601. The summed E-state index contributed by atoms with van der Waals surface area (Å²) in [5.74, 6) is 0. The maximum atomic E-state index is 11.2. The molecule has 8 heavy (non-hydrogen) atoms. The molecule has 0 unspecified atom stereocenters. The van der Waals surface area contributed by atoms with Gasteiger partial charge in [-0.1, -0.05) is 34.1 Å². The Labute approximate surface area is 62.4 Å². The van der Waals surface area contributed by atoms with E-state index in [1.807, 2.05) is 18.8 Å². The lowest BCUT2D eigenvalue weighted by Gasteiger charge is -2.06. The molecule has 0 heterocycles. The molecule has 50 valence electrons. The summed E-state index contributed by atoms with van der Waals surface area (Å²) in [6.07, 6.45) is 5.65. The molecule has 0 bridgehead atoms. The molecule has 0 saturated carbocycles. The molecule has 0 aromatic rings. The highest BCUT2D eigenvalue weighted by Gasteiger charge is 2.15. The van der Waals surface area contributed by atoms with E-state index in [1.165, 1.54) is 34.1 Å². The van der Waals surface area contributed by atoms with Gasteiger partial charge in [0.05, 0.1) is 0 Å². The summed E-state index contributed by atoms with van der Waals surface area (Å²) in [6.45, 7) is 0. The van der Waals surface area contributed by atoms with Crippen LogP contribution in [0.4, 0.5) is 0 Å². The van der Waals surface area contributed by atoms with Crippen LogP contribution in [-0.4, -0.2) is 18.8 Å². The maximum absolute atomic E-state index is 11.2. The lowest BCUT2D eigenvalue weighted by Crippen LogP contribution is -1.55. The van der Waals surface area contributed by atoms with Crippen LogP contribution >= 0.6 is 38.9 Å². The predicted octanol–water partition coefficient (Wildman–Crippen LogP) is 3.18. The van der Waals surface area contributed by atoms with Crippen LogP contribution in [0.25, 0.3) is 0 Å². The molecule has 0 amide bonds. The largest absolute Gasteiger partial charge is 0.289 e. The molecular formula is C3H9OPS3. The maximum Gasteiger partial charge on any atom is 0.243 e. The zero-order valence-corrected chi connectivity index (χ0v) is 8.42. The molecule has 0 spiro atoms. The second-order valence-electron chi connectivity index (χ2n) is 0.995. The SMILES string of the molecule is CSP(=O)(SC)SC. The van der Waals surface area contributed by atoms with Gasteiger partial charge in [0.25, 0.3) is 0 Å². The molecule has 0 N–H and O–H groups in total. The molecule has 0 aliphatic heterocycles. The summed E-state index contributed by atoms with van der Waals surface area (Å²) >= 11 is 4.36. The first kappa shape index (κ1) is 9.28. The van der Waals surface area contributed by atoms with Crippen molar-refractivity contribution in [3.05, 3.63) is 0 Å². The van der Waals surface area contributed by atoms with E-state index in [4.69, 9.17) is 0 Å². The zero-order chi connectivity index (χ0) is 6.62. The van der Waals surface area contributed by atoms with Crippen LogP contribution in [0.2, 0.25) is 0 Å². The van der Waals surface area contributed by atoms with Gasteiger partial charge in [0.1, 0.15) is 0 Å². The van der Waals surface area contributed by atoms with Gasteiger partial charge in [-0.3, -0.25) is 4.57 Å². The van der Waals surface area contributed by atoms with Crippen LogP contribution in [0.5, 0.6) is 0 Å². The molecule has 0 aliphatic carbocycles. The Morgan fingerprint density at radius 3 is 1.25 bits per heavy atom. The van der Waals surface area contributed by atoms with Crippen molar-refractivity contribution in [3.63, 3.8) is 0 Å². The Morgan fingerprint density at radius 1 is 1.00 bits per heavy atom. The van der Waals surface area contributed by atoms with Gasteiger partial charge in [0, 0.05) is 0 Å². The molecule has 0 aromatic heterocycles. The monoisotopic (exact) mass is 188 g/mol. The van der Waals surface area contributed by atoms with E-state index < -0.39 is 4.75 Å². The molecule has 0 saturated heterocycles. The first-order valence-corrected chi connectivity index (χ1v) is 9.15. The molecular weight excluding hydrogens is 179 g/mol. The van der Waals surface area contributed by atoms with Crippen molar-refractivity contribution in [1.29, 1.82) is 0 Å². The summed E-state index contributed by atoms with van der Waals surface area (Å²) in [4.78, 5) is 0. The van der Waals surface area contributed by atoms with Crippen LogP contribution in [0.1, 0.15) is 0 Å². The van der Waals surface area contributed by atoms with Crippen LogP contribution in [0.3, 0.4) is 0 Å². The van der Waals surface area contributed by atoms with Gasteiger partial charge in [-0.2, -0.15) is 0 Å². The fraction of sp³-hybridized carbons (Fsp3) is 1.00. The van der Waals surface area contributed by atoms with Crippen molar-refractivity contribution in [2.75, 3.05) is 18.8 Å². The van der Waals surface area contributed by atoms with Gasteiger partial charge >= 0.3 is 0 Å². The molecule has 0 fully saturated rings. The normalized spacial score (nSPS) is 11.9. The third-order valence-electron chi connectivity index (χ3n) is 0.671. The average Bonchev–Trinajstić information content (AvgIpc) is 1.87. The Hall–Kier alpha value is 1.28. The standard InChI is InChI=1S/C3H9OPS3/c1-6-5(4,7-2)8-3/h1-3H3. The summed E-state index contributed by atoms with van der Waals surface area (Å²) < 4.78 is 9.30. The zero-order valence-electron chi connectivity index (χ0n) is 5.08. The molecule has 0 aromatic carbocycles. The van der Waals surface area contributed by atoms with E-state index in [-0.39, 0.29) is 0 Å². The third-order valence-corrected chi connectivity index (χ3v) is 14.1. The van der Waals surface area contributed by atoms with Crippen molar-refractivity contribution < 1.29 is 4.57 Å². The van der Waals surface area contributed by atoms with Crippen LogP contribution in [0, 0.1) is 0 Å². The van der Waals surface area contributed by atoms with E-state index in [1.54, 1.807) is 0 Å². The second-order valence-corrected chi connectivity index (χ2v) is 13.0. The number of hydrogen-bond acceptors (Lipinski definition) is 4.